The van der Waals surface area contributed by atoms with Crippen LogP contribution >= 0.6 is 0 Å². The number of nitrogens with two attached hydrogens (primary N) is 1. The van der Waals surface area contributed by atoms with E-state index in [-0.39, 0.29) is 12.5 Å². The standard InChI is InChI=1S/C11H16N6O/c12-10-2-6-17(15-10)8-11(18)14-3-1-5-16-7-4-13-9-16/h2,4,6-7,9H,1,3,5,8H2,(H2,12,15)(H,14,18). The summed E-state index contributed by atoms with van der Waals surface area (Å²) in [6.45, 7) is 1.67. The van der Waals surface area contributed by atoms with Crippen molar-refractivity contribution in [2.24, 2.45) is 0 Å². The maximum atomic E-state index is 11.6. The van der Waals surface area contributed by atoms with Crippen molar-refractivity contribution in [2.75, 3.05) is 12.3 Å². The summed E-state index contributed by atoms with van der Waals surface area (Å²) in [7, 11) is 0. The number of anilines is 1. The van der Waals surface area contributed by atoms with E-state index >= 15 is 0 Å². The van der Waals surface area contributed by atoms with E-state index in [1.165, 1.54) is 4.68 Å². The zero-order valence-electron chi connectivity index (χ0n) is 9.99. The molecule has 0 spiro atoms. The Kier molecular flexibility index (Phi) is 3.95. The van der Waals surface area contributed by atoms with Crippen molar-refractivity contribution < 1.29 is 4.79 Å². The first-order valence-electron chi connectivity index (χ1n) is 5.75. The van der Waals surface area contributed by atoms with Crippen molar-refractivity contribution in [2.45, 2.75) is 19.5 Å². The summed E-state index contributed by atoms with van der Waals surface area (Å²) in [6, 6.07) is 1.66. The number of hydrogen-bond donors (Lipinski definition) is 2. The van der Waals surface area contributed by atoms with Crippen LogP contribution in [0.2, 0.25) is 0 Å². The highest BCUT2D eigenvalue weighted by Crippen LogP contribution is 1.95. The van der Waals surface area contributed by atoms with E-state index in [0.29, 0.717) is 12.4 Å². The molecule has 7 heteroatoms. The number of hydrogen-bond acceptors (Lipinski definition) is 4. The van der Waals surface area contributed by atoms with Crippen LogP contribution in [0.4, 0.5) is 5.82 Å². The van der Waals surface area contributed by atoms with E-state index in [9.17, 15) is 4.79 Å². The molecule has 7 nitrogen and oxygen atoms in total. The Balaban J connectivity index is 1.63. The summed E-state index contributed by atoms with van der Waals surface area (Å²) in [5.41, 5.74) is 5.46. The molecule has 0 saturated carbocycles. The van der Waals surface area contributed by atoms with Gasteiger partial charge in [-0.3, -0.25) is 9.48 Å². The Morgan fingerprint density at radius 1 is 1.44 bits per heavy atom. The van der Waals surface area contributed by atoms with Gasteiger partial charge in [0, 0.05) is 31.7 Å². The van der Waals surface area contributed by atoms with Crippen LogP contribution in [-0.4, -0.2) is 31.8 Å². The Hall–Kier alpha value is -2.31. The Labute approximate surface area is 105 Å². The highest BCUT2D eigenvalue weighted by atomic mass is 16.2. The van der Waals surface area contributed by atoms with Gasteiger partial charge < -0.3 is 15.6 Å². The van der Waals surface area contributed by atoms with Gasteiger partial charge in [-0.15, -0.1) is 0 Å². The van der Waals surface area contributed by atoms with E-state index < -0.39 is 0 Å². The van der Waals surface area contributed by atoms with E-state index in [1.807, 2.05) is 10.8 Å². The molecule has 96 valence electrons. The first-order chi connectivity index (χ1) is 8.74. The zero-order chi connectivity index (χ0) is 12.8. The lowest BCUT2D eigenvalue weighted by Gasteiger charge is -2.05. The maximum Gasteiger partial charge on any atom is 0.241 e. The molecular weight excluding hydrogens is 232 g/mol. The summed E-state index contributed by atoms with van der Waals surface area (Å²) in [5.74, 6) is 0.353. The predicted molar refractivity (Wildman–Crippen MR) is 66.5 cm³/mol. The Bertz CT molecular complexity index is 489. The molecule has 2 heterocycles. The molecule has 1 amide bonds. The van der Waals surface area contributed by atoms with Gasteiger partial charge in [-0.2, -0.15) is 5.10 Å². The lowest BCUT2D eigenvalue weighted by molar-refractivity contribution is -0.121. The number of nitrogens with zero attached hydrogens (tertiary/aromatic N) is 4. The van der Waals surface area contributed by atoms with Gasteiger partial charge in [0.05, 0.1) is 6.33 Å². The van der Waals surface area contributed by atoms with Crippen LogP contribution in [0.3, 0.4) is 0 Å². The monoisotopic (exact) mass is 248 g/mol. The highest BCUT2D eigenvalue weighted by molar-refractivity contribution is 5.75. The van der Waals surface area contributed by atoms with Gasteiger partial charge in [-0.05, 0) is 12.5 Å². The van der Waals surface area contributed by atoms with Gasteiger partial charge in [0.15, 0.2) is 0 Å². The second-order valence-electron chi connectivity index (χ2n) is 3.94. The summed E-state index contributed by atoms with van der Waals surface area (Å²) in [6.07, 6.45) is 7.94. The molecule has 0 radical (unpaired) electrons. The number of amides is 1. The van der Waals surface area contributed by atoms with Gasteiger partial charge in [0.25, 0.3) is 0 Å². The molecule has 0 atom stereocenters. The second-order valence-corrected chi connectivity index (χ2v) is 3.94. The number of imidazole rings is 1. The second kappa shape index (κ2) is 5.85. The van der Waals surface area contributed by atoms with Crippen LogP contribution in [-0.2, 0) is 17.9 Å². The number of nitrogens with one attached hydrogen (secondary N) is 1. The van der Waals surface area contributed by atoms with Crippen LogP contribution in [0.15, 0.2) is 31.0 Å². The molecule has 0 aliphatic rings. The largest absolute Gasteiger partial charge is 0.382 e. The topological polar surface area (TPSA) is 90.8 Å². The van der Waals surface area contributed by atoms with Crippen molar-refractivity contribution >= 4 is 11.7 Å². The number of aromatic nitrogens is 4. The molecule has 2 aromatic rings. The first-order valence-corrected chi connectivity index (χ1v) is 5.75. The third-order valence-electron chi connectivity index (χ3n) is 2.44. The predicted octanol–water partition coefficient (Wildman–Crippen LogP) is -0.132. The van der Waals surface area contributed by atoms with Crippen molar-refractivity contribution in [1.82, 2.24) is 24.6 Å². The number of carbonyl (C=O) groups is 1. The molecule has 0 bridgehead atoms. The van der Waals surface area contributed by atoms with Crippen molar-refractivity contribution in [3.63, 3.8) is 0 Å². The SMILES string of the molecule is Nc1ccn(CC(=O)NCCCn2ccnc2)n1. The van der Waals surface area contributed by atoms with E-state index in [1.54, 1.807) is 24.8 Å². The summed E-state index contributed by atoms with van der Waals surface area (Å²) < 4.78 is 3.49. The number of carbonyl (C=O) groups excluding carboxylic acids is 1. The normalized spacial score (nSPS) is 10.4. The molecule has 18 heavy (non-hydrogen) atoms. The molecule has 0 fully saturated rings. The fourth-order valence-electron chi connectivity index (χ4n) is 1.58. The molecule has 0 aliphatic carbocycles. The van der Waals surface area contributed by atoms with E-state index in [0.717, 1.165) is 13.0 Å². The van der Waals surface area contributed by atoms with Crippen molar-refractivity contribution in [3.8, 4) is 0 Å². The lowest BCUT2D eigenvalue weighted by atomic mass is 10.4. The molecule has 0 saturated heterocycles. The highest BCUT2D eigenvalue weighted by Gasteiger charge is 2.02. The van der Waals surface area contributed by atoms with Crippen LogP contribution < -0.4 is 11.1 Å². The summed E-state index contributed by atoms with van der Waals surface area (Å²) >= 11 is 0. The molecule has 2 aromatic heterocycles. The first kappa shape index (κ1) is 12.2. The molecule has 0 aromatic carbocycles. The van der Waals surface area contributed by atoms with Gasteiger partial charge >= 0.3 is 0 Å². The third-order valence-corrected chi connectivity index (χ3v) is 2.44. The summed E-state index contributed by atoms with van der Waals surface area (Å²) in [5, 5.41) is 6.77. The quantitative estimate of drug-likeness (QED) is 0.697. The fraction of sp³-hybridized carbons (Fsp3) is 0.364. The Morgan fingerprint density at radius 2 is 2.33 bits per heavy atom. The third kappa shape index (κ3) is 3.62. The van der Waals surface area contributed by atoms with Gasteiger partial charge in [0.2, 0.25) is 5.91 Å². The Morgan fingerprint density at radius 3 is 3.00 bits per heavy atom. The lowest BCUT2D eigenvalue weighted by Crippen LogP contribution is -2.29. The van der Waals surface area contributed by atoms with Crippen LogP contribution in [0.1, 0.15) is 6.42 Å². The molecule has 0 aliphatic heterocycles. The van der Waals surface area contributed by atoms with Crippen LogP contribution in [0.5, 0.6) is 0 Å². The van der Waals surface area contributed by atoms with Crippen molar-refractivity contribution in [1.29, 1.82) is 0 Å². The number of rotatable bonds is 6. The van der Waals surface area contributed by atoms with Gasteiger partial charge in [0.1, 0.15) is 12.4 Å². The van der Waals surface area contributed by atoms with Crippen LogP contribution in [0, 0.1) is 0 Å². The average Bonchev–Trinajstić information content (AvgIpc) is 2.96. The minimum absolute atomic E-state index is 0.0660. The smallest absolute Gasteiger partial charge is 0.241 e. The van der Waals surface area contributed by atoms with Gasteiger partial charge in [-0.1, -0.05) is 0 Å². The molecule has 2 rings (SSSR count). The molecular formula is C11H16N6O. The van der Waals surface area contributed by atoms with Crippen LogP contribution in [0.25, 0.3) is 0 Å². The minimum atomic E-state index is -0.0660. The summed E-state index contributed by atoms with van der Waals surface area (Å²) in [4.78, 5) is 15.5. The minimum Gasteiger partial charge on any atom is -0.382 e. The van der Waals surface area contributed by atoms with E-state index in [2.05, 4.69) is 15.4 Å². The van der Waals surface area contributed by atoms with E-state index in [4.69, 9.17) is 5.73 Å². The molecule has 0 unspecified atom stereocenters. The fourth-order valence-corrected chi connectivity index (χ4v) is 1.58. The zero-order valence-corrected chi connectivity index (χ0v) is 9.99. The maximum absolute atomic E-state index is 11.6. The van der Waals surface area contributed by atoms with Crippen molar-refractivity contribution in [3.05, 3.63) is 31.0 Å². The number of aryl methyl sites for hydroxylation is 1. The molecule has 3 N–H and O–H groups in total. The number of nitrogen functional groups attached to an aromatic ring is 1. The average molecular weight is 248 g/mol. The van der Waals surface area contributed by atoms with Gasteiger partial charge in [-0.25, -0.2) is 4.98 Å².